The number of hydrogen-bond donors (Lipinski definition) is 1. The van der Waals surface area contributed by atoms with Gasteiger partial charge in [-0.15, -0.1) is 0 Å². The Kier molecular flexibility index (Phi) is 6.18. The van der Waals surface area contributed by atoms with E-state index in [-0.39, 0.29) is 30.2 Å². The van der Waals surface area contributed by atoms with Crippen molar-refractivity contribution < 1.29 is 14.3 Å². The molecule has 1 atom stereocenters. The molecule has 5 nitrogen and oxygen atoms in total. The van der Waals surface area contributed by atoms with Crippen LogP contribution in [0.2, 0.25) is 0 Å². The molecule has 1 aliphatic rings. The molecule has 0 unspecified atom stereocenters. The number of rotatable bonds is 5. The van der Waals surface area contributed by atoms with Crippen LogP contribution < -0.4 is 15.0 Å². The average Bonchev–Trinajstić information content (AvgIpc) is 2.77. The lowest BCUT2D eigenvalue weighted by atomic mass is 10.1. The third-order valence-corrected chi connectivity index (χ3v) is 5.45. The zero-order valence-electron chi connectivity index (χ0n) is 16.9. The highest BCUT2D eigenvalue weighted by atomic mass is 79.9. The van der Waals surface area contributed by atoms with E-state index >= 15 is 0 Å². The molecule has 3 aromatic carbocycles. The highest BCUT2D eigenvalue weighted by Crippen LogP contribution is 2.35. The number of halogens is 1. The van der Waals surface area contributed by atoms with Crippen LogP contribution in [-0.2, 0) is 9.59 Å². The van der Waals surface area contributed by atoms with Crippen molar-refractivity contribution in [2.24, 2.45) is 0 Å². The van der Waals surface area contributed by atoms with Gasteiger partial charge < -0.3 is 10.1 Å². The summed E-state index contributed by atoms with van der Waals surface area (Å²) in [7, 11) is 0. The number of benzene rings is 3. The number of fused-ring (bicyclic) bond motifs is 1. The van der Waals surface area contributed by atoms with Crippen molar-refractivity contribution in [3.8, 4) is 5.75 Å². The Bertz CT molecular complexity index is 1140. The molecule has 6 heteroatoms. The zero-order valence-corrected chi connectivity index (χ0v) is 18.5. The van der Waals surface area contributed by atoms with E-state index in [1.54, 1.807) is 18.2 Å². The van der Waals surface area contributed by atoms with E-state index in [9.17, 15) is 9.59 Å². The van der Waals surface area contributed by atoms with E-state index in [0.29, 0.717) is 11.4 Å². The molecule has 1 N–H and O–H groups in total. The molecule has 1 aliphatic heterocycles. The van der Waals surface area contributed by atoms with Crippen molar-refractivity contribution in [3.05, 3.63) is 100 Å². The Balaban J connectivity index is 1.58. The number of hydrogen-bond acceptors (Lipinski definition) is 3. The van der Waals surface area contributed by atoms with Gasteiger partial charge in [-0.1, -0.05) is 70.5 Å². The van der Waals surface area contributed by atoms with Gasteiger partial charge >= 0.3 is 0 Å². The number of ether oxygens (including phenoxy) is 1. The SMILES string of the molecule is C[C@@H](NC(=O)CN1C(=O)/C(=C\c2cccc(Br)c2)Oc2ccccc21)c1ccccc1. The Morgan fingerprint density at radius 3 is 2.58 bits per heavy atom. The van der Waals surface area contributed by atoms with Gasteiger partial charge in [0.15, 0.2) is 11.5 Å². The van der Waals surface area contributed by atoms with Crippen LogP contribution >= 0.6 is 15.9 Å². The van der Waals surface area contributed by atoms with Crippen molar-refractivity contribution in [1.82, 2.24) is 5.32 Å². The molecule has 0 aromatic heterocycles. The molecule has 0 saturated carbocycles. The molecule has 0 radical (unpaired) electrons. The van der Waals surface area contributed by atoms with Gasteiger partial charge in [-0.05, 0) is 48.4 Å². The first-order chi connectivity index (χ1) is 15.0. The quantitative estimate of drug-likeness (QED) is 0.521. The van der Waals surface area contributed by atoms with Crippen LogP contribution in [0.4, 0.5) is 5.69 Å². The lowest BCUT2D eigenvalue weighted by Gasteiger charge is -2.30. The fourth-order valence-corrected chi connectivity index (χ4v) is 3.84. The van der Waals surface area contributed by atoms with E-state index in [1.165, 1.54) is 4.90 Å². The summed E-state index contributed by atoms with van der Waals surface area (Å²) in [5.41, 5.74) is 2.39. The maximum absolute atomic E-state index is 13.2. The molecule has 0 fully saturated rings. The van der Waals surface area contributed by atoms with E-state index in [0.717, 1.165) is 15.6 Å². The standard InChI is InChI=1S/C25H21BrN2O3/c1-17(19-9-3-2-4-10-19)27-24(29)16-28-21-12-5-6-13-22(21)31-23(25(28)30)15-18-8-7-11-20(26)14-18/h2-15,17H,16H2,1H3,(H,27,29)/b23-15+/t17-/m1/s1. The maximum Gasteiger partial charge on any atom is 0.294 e. The first kappa shape index (κ1) is 20.9. The van der Waals surface area contributed by atoms with Gasteiger partial charge in [-0.25, -0.2) is 0 Å². The summed E-state index contributed by atoms with van der Waals surface area (Å²) in [6.07, 6.45) is 1.68. The van der Waals surface area contributed by atoms with Gasteiger partial charge in [0.1, 0.15) is 6.54 Å². The Morgan fingerprint density at radius 1 is 1.06 bits per heavy atom. The summed E-state index contributed by atoms with van der Waals surface area (Å²) in [6.45, 7) is 1.81. The molecule has 0 spiro atoms. The van der Waals surface area contributed by atoms with Gasteiger partial charge in [0, 0.05) is 4.47 Å². The number of nitrogens with zero attached hydrogens (tertiary/aromatic N) is 1. The van der Waals surface area contributed by atoms with Gasteiger partial charge in [0.05, 0.1) is 11.7 Å². The van der Waals surface area contributed by atoms with Gasteiger partial charge in [-0.3, -0.25) is 14.5 Å². The van der Waals surface area contributed by atoms with Gasteiger partial charge in [0.2, 0.25) is 5.91 Å². The van der Waals surface area contributed by atoms with Crippen LogP contribution in [0.5, 0.6) is 5.75 Å². The summed E-state index contributed by atoms with van der Waals surface area (Å²) < 4.78 is 6.77. The highest BCUT2D eigenvalue weighted by Gasteiger charge is 2.31. The van der Waals surface area contributed by atoms with E-state index < -0.39 is 0 Å². The molecule has 2 amide bonds. The molecule has 0 saturated heterocycles. The first-order valence-electron chi connectivity index (χ1n) is 9.91. The minimum Gasteiger partial charge on any atom is -0.449 e. The van der Waals surface area contributed by atoms with Crippen LogP contribution in [0.1, 0.15) is 24.1 Å². The summed E-state index contributed by atoms with van der Waals surface area (Å²) in [5, 5.41) is 2.97. The minimum absolute atomic E-state index is 0.105. The molecular formula is C25H21BrN2O3. The minimum atomic E-state index is -0.360. The molecular weight excluding hydrogens is 456 g/mol. The van der Waals surface area contributed by atoms with Crippen molar-refractivity contribution in [2.75, 3.05) is 11.4 Å². The largest absolute Gasteiger partial charge is 0.449 e. The smallest absolute Gasteiger partial charge is 0.294 e. The molecule has 0 aliphatic carbocycles. The fraction of sp³-hybridized carbons (Fsp3) is 0.120. The Hall–Kier alpha value is -3.38. The summed E-state index contributed by atoms with van der Waals surface area (Å²) in [6, 6.07) is 24.3. The van der Waals surface area contributed by atoms with E-state index in [2.05, 4.69) is 21.2 Å². The number of anilines is 1. The Morgan fingerprint density at radius 2 is 1.81 bits per heavy atom. The van der Waals surface area contributed by atoms with Crippen LogP contribution in [0.15, 0.2) is 89.1 Å². The van der Waals surface area contributed by atoms with Gasteiger partial charge in [0.25, 0.3) is 5.91 Å². The third kappa shape index (κ3) is 4.86. The predicted molar refractivity (Wildman–Crippen MR) is 125 cm³/mol. The molecule has 0 bridgehead atoms. The number of carbonyl (C=O) groups is 2. The monoisotopic (exact) mass is 476 g/mol. The Labute approximate surface area is 189 Å². The average molecular weight is 477 g/mol. The fourth-order valence-electron chi connectivity index (χ4n) is 3.42. The van der Waals surface area contributed by atoms with Gasteiger partial charge in [-0.2, -0.15) is 0 Å². The summed E-state index contributed by atoms with van der Waals surface area (Å²) in [4.78, 5) is 27.5. The topological polar surface area (TPSA) is 58.6 Å². The highest BCUT2D eigenvalue weighted by molar-refractivity contribution is 9.10. The summed E-state index contributed by atoms with van der Waals surface area (Å²) in [5.74, 6) is 0.0948. The normalized spacial score (nSPS) is 15.2. The van der Waals surface area contributed by atoms with E-state index in [4.69, 9.17) is 4.74 Å². The number of amides is 2. The second-order valence-corrected chi connectivity index (χ2v) is 8.14. The summed E-state index contributed by atoms with van der Waals surface area (Å²) >= 11 is 3.44. The molecule has 3 aromatic rings. The van der Waals surface area contributed by atoms with Crippen molar-refractivity contribution >= 4 is 39.5 Å². The van der Waals surface area contributed by atoms with Crippen LogP contribution in [0.3, 0.4) is 0 Å². The van der Waals surface area contributed by atoms with Crippen molar-refractivity contribution in [1.29, 1.82) is 0 Å². The molecule has 1 heterocycles. The molecule has 4 rings (SSSR count). The molecule has 156 valence electrons. The lowest BCUT2D eigenvalue weighted by Crippen LogP contribution is -2.44. The van der Waals surface area contributed by atoms with Crippen LogP contribution in [0.25, 0.3) is 6.08 Å². The zero-order chi connectivity index (χ0) is 21.8. The number of carbonyl (C=O) groups excluding carboxylic acids is 2. The third-order valence-electron chi connectivity index (χ3n) is 4.96. The van der Waals surface area contributed by atoms with Crippen molar-refractivity contribution in [2.45, 2.75) is 13.0 Å². The maximum atomic E-state index is 13.2. The second-order valence-electron chi connectivity index (χ2n) is 7.22. The van der Waals surface area contributed by atoms with Crippen LogP contribution in [0, 0.1) is 0 Å². The van der Waals surface area contributed by atoms with E-state index in [1.807, 2.05) is 73.7 Å². The van der Waals surface area contributed by atoms with Crippen molar-refractivity contribution in [3.63, 3.8) is 0 Å². The molecule has 31 heavy (non-hydrogen) atoms. The predicted octanol–water partition coefficient (Wildman–Crippen LogP) is 5.09. The lowest BCUT2D eigenvalue weighted by molar-refractivity contribution is -0.123. The number of para-hydroxylation sites is 2. The first-order valence-corrected chi connectivity index (χ1v) is 10.7. The van der Waals surface area contributed by atoms with Crippen LogP contribution in [-0.4, -0.2) is 18.4 Å². The number of nitrogens with one attached hydrogen (secondary N) is 1. The second kappa shape index (κ2) is 9.18.